The van der Waals surface area contributed by atoms with Gasteiger partial charge in [0.05, 0.1) is 5.75 Å². The van der Waals surface area contributed by atoms with Crippen molar-refractivity contribution in [3.63, 3.8) is 0 Å². The van der Waals surface area contributed by atoms with E-state index in [0.717, 1.165) is 11.8 Å². The molecular weight excluding hydrogens is 270 g/mol. The van der Waals surface area contributed by atoms with Gasteiger partial charge in [0.2, 0.25) is 0 Å². The molecule has 16 heavy (non-hydrogen) atoms. The molecular formula is C8H6ClN3O2S2. The Kier molecular flexibility index (Phi) is 4.86. The Morgan fingerprint density at radius 3 is 2.81 bits per heavy atom. The summed E-state index contributed by atoms with van der Waals surface area (Å²) in [5.74, 6) is -1.15. The number of aromatic nitrogens is 2. The van der Waals surface area contributed by atoms with E-state index in [1.165, 1.54) is 11.8 Å². The van der Waals surface area contributed by atoms with Gasteiger partial charge in [-0.05, 0) is 6.26 Å². The minimum absolute atomic E-state index is 0.0507. The van der Waals surface area contributed by atoms with Gasteiger partial charge < -0.3 is 5.11 Å². The molecule has 1 N–H and O–H groups in total. The smallest absolute Gasteiger partial charge is 0.313 e. The lowest BCUT2D eigenvalue weighted by Gasteiger charge is -2.04. The van der Waals surface area contributed by atoms with Gasteiger partial charge in [0, 0.05) is 0 Å². The topological polar surface area (TPSA) is 86.9 Å². The Bertz CT molecular complexity index is 461. The zero-order chi connectivity index (χ0) is 12.1. The van der Waals surface area contributed by atoms with Gasteiger partial charge in [0.15, 0.2) is 10.3 Å². The third-order valence-corrected chi connectivity index (χ3v) is 3.22. The lowest BCUT2D eigenvalue weighted by Crippen LogP contribution is -2.01. The molecule has 0 aliphatic rings. The molecule has 0 aromatic carbocycles. The van der Waals surface area contributed by atoms with E-state index in [0.29, 0.717) is 10.2 Å². The maximum atomic E-state index is 10.4. The van der Waals surface area contributed by atoms with E-state index in [-0.39, 0.29) is 16.5 Å². The van der Waals surface area contributed by atoms with Gasteiger partial charge in [0.1, 0.15) is 16.7 Å². The number of halogens is 1. The molecule has 0 unspecified atom stereocenters. The number of nitrogens with zero attached hydrogens (tertiary/aromatic N) is 3. The van der Waals surface area contributed by atoms with Crippen molar-refractivity contribution in [2.75, 3.05) is 12.0 Å². The molecule has 1 aromatic heterocycles. The van der Waals surface area contributed by atoms with Gasteiger partial charge >= 0.3 is 5.97 Å². The van der Waals surface area contributed by atoms with Crippen LogP contribution in [0, 0.1) is 11.3 Å². The summed E-state index contributed by atoms with van der Waals surface area (Å²) in [7, 11) is 0. The van der Waals surface area contributed by atoms with E-state index in [1.807, 2.05) is 6.07 Å². The summed E-state index contributed by atoms with van der Waals surface area (Å²) in [5, 5.41) is 18.2. The van der Waals surface area contributed by atoms with Crippen molar-refractivity contribution in [1.82, 2.24) is 9.97 Å². The van der Waals surface area contributed by atoms with Crippen LogP contribution in [0.4, 0.5) is 0 Å². The van der Waals surface area contributed by atoms with Gasteiger partial charge in [0.25, 0.3) is 0 Å². The SMILES string of the molecule is CSc1nc(Cl)c(C#N)c(SCC(=O)O)n1. The maximum Gasteiger partial charge on any atom is 0.313 e. The molecule has 0 atom stereocenters. The molecule has 1 rings (SSSR count). The first-order valence-corrected chi connectivity index (χ1v) is 6.53. The van der Waals surface area contributed by atoms with Crippen LogP contribution >= 0.6 is 35.1 Å². The van der Waals surface area contributed by atoms with E-state index in [1.54, 1.807) is 6.26 Å². The number of carboxylic acid groups (broad SMARTS) is 1. The molecule has 0 radical (unpaired) electrons. The predicted molar refractivity (Wildman–Crippen MR) is 61.9 cm³/mol. The molecule has 0 aliphatic heterocycles. The fourth-order valence-corrected chi connectivity index (χ4v) is 2.25. The third kappa shape index (κ3) is 3.27. The Morgan fingerprint density at radius 2 is 2.31 bits per heavy atom. The molecule has 0 saturated carbocycles. The molecule has 84 valence electrons. The van der Waals surface area contributed by atoms with E-state index in [2.05, 4.69) is 9.97 Å². The molecule has 1 aromatic rings. The molecule has 0 aliphatic carbocycles. The number of thioether (sulfide) groups is 2. The summed E-state index contributed by atoms with van der Waals surface area (Å²) in [6, 6.07) is 1.86. The number of carboxylic acids is 1. The van der Waals surface area contributed by atoms with Crippen LogP contribution in [0.25, 0.3) is 0 Å². The summed E-state index contributed by atoms with van der Waals surface area (Å²) in [6.45, 7) is 0. The third-order valence-electron chi connectivity index (χ3n) is 1.44. The van der Waals surface area contributed by atoms with E-state index in [4.69, 9.17) is 22.0 Å². The van der Waals surface area contributed by atoms with Crippen LogP contribution in [0.1, 0.15) is 5.56 Å². The molecule has 8 heteroatoms. The minimum atomic E-state index is -0.977. The van der Waals surface area contributed by atoms with Crippen LogP contribution < -0.4 is 0 Å². The van der Waals surface area contributed by atoms with E-state index >= 15 is 0 Å². The summed E-state index contributed by atoms with van der Waals surface area (Å²) >= 11 is 8.01. The maximum absolute atomic E-state index is 10.4. The number of rotatable bonds is 4. The van der Waals surface area contributed by atoms with Crippen molar-refractivity contribution in [2.45, 2.75) is 10.2 Å². The molecule has 0 fully saturated rings. The first-order chi connectivity index (χ1) is 7.58. The number of carbonyl (C=O) groups is 1. The summed E-state index contributed by atoms with van der Waals surface area (Å²) in [4.78, 5) is 18.3. The Labute approximate surface area is 105 Å². The van der Waals surface area contributed by atoms with Gasteiger partial charge in [-0.3, -0.25) is 4.79 Å². The van der Waals surface area contributed by atoms with Crippen LogP contribution in [-0.2, 0) is 4.79 Å². The second-order valence-corrected chi connectivity index (χ2v) is 4.57. The molecule has 5 nitrogen and oxygen atoms in total. The van der Waals surface area contributed by atoms with Crippen molar-refractivity contribution in [3.05, 3.63) is 10.7 Å². The predicted octanol–water partition coefficient (Wildman–Crippen LogP) is 1.90. The fraction of sp³-hybridized carbons (Fsp3) is 0.250. The highest BCUT2D eigenvalue weighted by molar-refractivity contribution is 8.00. The Balaban J connectivity index is 3.09. The van der Waals surface area contributed by atoms with Crippen LogP contribution in [0.5, 0.6) is 0 Å². The number of hydrogen-bond acceptors (Lipinski definition) is 6. The summed E-state index contributed by atoms with van der Waals surface area (Å²) < 4.78 is 0. The van der Waals surface area contributed by atoms with Crippen molar-refractivity contribution in [2.24, 2.45) is 0 Å². The molecule has 0 amide bonds. The van der Waals surface area contributed by atoms with Gasteiger partial charge in [-0.1, -0.05) is 35.1 Å². The van der Waals surface area contributed by atoms with Crippen molar-refractivity contribution < 1.29 is 9.90 Å². The highest BCUT2D eigenvalue weighted by Gasteiger charge is 2.14. The molecule has 1 heterocycles. The lowest BCUT2D eigenvalue weighted by atomic mass is 10.4. The van der Waals surface area contributed by atoms with E-state index in [9.17, 15) is 4.79 Å². The van der Waals surface area contributed by atoms with Crippen LogP contribution in [-0.4, -0.2) is 33.1 Å². The molecule has 0 saturated heterocycles. The monoisotopic (exact) mass is 275 g/mol. The zero-order valence-electron chi connectivity index (χ0n) is 8.10. The molecule has 0 bridgehead atoms. The normalized spacial score (nSPS) is 9.81. The fourth-order valence-electron chi connectivity index (χ4n) is 0.816. The number of nitriles is 1. The summed E-state index contributed by atoms with van der Waals surface area (Å²) in [5.41, 5.74) is 0.116. The van der Waals surface area contributed by atoms with Crippen LogP contribution in [0.2, 0.25) is 5.15 Å². The Hall–Kier alpha value is -0.970. The first kappa shape index (κ1) is 13.1. The second-order valence-electron chi connectivity index (χ2n) is 2.48. The van der Waals surface area contributed by atoms with Gasteiger partial charge in [-0.25, -0.2) is 9.97 Å². The van der Waals surface area contributed by atoms with Crippen molar-refractivity contribution in [1.29, 1.82) is 5.26 Å². The van der Waals surface area contributed by atoms with Gasteiger partial charge in [-0.2, -0.15) is 5.26 Å². The quantitative estimate of drug-likeness (QED) is 0.510. The highest BCUT2D eigenvalue weighted by atomic mass is 35.5. The standard InChI is InChI=1S/C8H6ClN3O2S2/c1-15-8-11-6(9)4(2-10)7(12-8)16-3-5(13)14/h3H2,1H3,(H,13,14). The van der Waals surface area contributed by atoms with Crippen LogP contribution in [0.3, 0.4) is 0 Å². The molecule has 0 spiro atoms. The lowest BCUT2D eigenvalue weighted by molar-refractivity contribution is -0.133. The highest BCUT2D eigenvalue weighted by Crippen LogP contribution is 2.27. The average Bonchev–Trinajstić information content (AvgIpc) is 2.25. The number of hydrogen-bond donors (Lipinski definition) is 1. The summed E-state index contributed by atoms with van der Waals surface area (Å²) in [6.07, 6.45) is 1.77. The minimum Gasteiger partial charge on any atom is -0.481 e. The second kappa shape index (κ2) is 5.94. The largest absolute Gasteiger partial charge is 0.481 e. The average molecular weight is 276 g/mol. The zero-order valence-corrected chi connectivity index (χ0v) is 10.5. The van der Waals surface area contributed by atoms with Crippen LogP contribution in [0.15, 0.2) is 10.2 Å². The Morgan fingerprint density at radius 1 is 1.62 bits per heavy atom. The van der Waals surface area contributed by atoms with E-state index < -0.39 is 5.97 Å². The first-order valence-electron chi connectivity index (χ1n) is 3.94. The van der Waals surface area contributed by atoms with Crippen molar-refractivity contribution >= 4 is 41.1 Å². The van der Waals surface area contributed by atoms with Gasteiger partial charge in [-0.15, -0.1) is 0 Å². The van der Waals surface area contributed by atoms with Crippen molar-refractivity contribution in [3.8, 4) is 6.07 Å². The number of aliphatic carboxylic acids is 1.